The first kappa shape index (κ1) is 15.7. The molecule has 3 atom stereocenters. The molecular formula is C17H27N3O2. The maximum absolute atomic E-state index is 12.4. The minimum absolute atomic E-state index is 0.0249. The van der Waals surface area contributed by atoms with Gasteiger partial charge in [0.25, 0.3) is 0 Å². The van der Waals surface area contributed by atoms with E-state index in [1.54, 1.807) is 6.92 Å². The van der Waals surface area contributed by atoms with Crippen molar-refractivity contribution in [2.75, 3.05) is 20.1 Å². The lowest BCUT2D eigenvalue weighted by Crippen LogP contribution is -2.74. The van der Waals surface area contributed by atoms with E-state index in [0.717, 1.165) is 19.4 Å². The summed E-state index contributed by atoms with van der Waals surface area (Å²) in [4.78, 5) is 14.8. The van der Waals surface area contributed by atoms with Crippen LogP contribution in [0.1, 0.15) is 33.6 Å². The van der Waals surface area contributed by atoms with E-state index in [1.807, 2.05) is 0 Å². The Morgan fingerprint density at radius 3 is 2.77 bits per heavy atom. The molecule has 1 amide bonds. The van der Waals surface area contributed by atoms with Gasteiger partial charge in [0.2, 0.25) is 5.91 Å². The molecule has 3 aliphatic rings. The Kier molecular flexibility index (Phi) is 3.70. The molecule has 0 radical (unpaired) electrons. The Hall–Kier alpha value is -1.17. The number of aliphatic hydroxyl groups is 1. The summed E-state index contributed by atoms with van der Waals surface area (Å²) in [5.74, 6) is -0.114. The molecule has 1 aliphatic carbocycles. The molecule has 2 heterocycles. The Morgan fingerprint density at radius 2 is 2.18 bits per heavy atom. The summed E-state index contributed by atoms with van der Waals surface area (Å²) in [6.45, 7) is 7.74. The summed E-state index contributed by atoms with van der Waals surface area (Å²) in [5.41, 5.74) is 2.16. The van der Waals surface area contributed by atoms with E-state index in [0.29, 0.717) is 6.54 Å². The number of likely N-dealkylation sites (N-methyl/N-ethyl adjacent to an activating group) is 1. The highest BCUT2D eigenvalue weighted by molar-refractivity contribution is 5.88. The van der Waals surface area contributed by atoms with Gasteiger partial charge in [-0.2, -0.15) is 0 Å². The fourth-order valence-electron chi connectivity index (χ4n) is 3.44. The molecule has 1 unspecified atom stereocenters. The van der Waals surface area contributed by atoms with Gasteiger partial charge in [-0.15, -0.1) is 0 Å². The van der Waals surface area contributed by atoms with Crippen molar-refractivity contribution in [1.29, 1.82) is 0 Å². The van der Waals surface area contributed by atoms with Gasteiger partial charge in [-0.05, 0) is 46.2 Å². The standard InChI is InChI=1S/C17H27N3O2/c1-16(2)8-12-7-13(6-5-11(12)10-20(16)4)19-15(22)17(3)14(21)9-18-17/h5-6,13-14,18,21H,7-10H2,1-4H3,(H,19,22)/t13?,14-,17+/m0/s1. The average molecular weight is 305 g/mol. The Balaban J connectivity index is 1.66. The van der Waals surface area contributed by atoms with Crippen LogP contribution in [0.15, 0.2) is 23.3 Å². The molecule has 22 heavy (non-hydrogen) atoms. The number of rotatable bonds is 2. The van der Waals surface area contributed by atoms with Gasteiger partial charge in [-0.3, -0.25) is 15.0 Å². The van der Waals surface area contributed by atoms with Gasteiger partial charge >= 0.3 is 0 Å². The fraction of sp³-hybridized carbons (Fsp3) is 0.706. The zero-order valence-corrected chi connectivity index (χ0v) is 13.9. The van der Waals surface area contributed by atoms with Crippen LogP contribution in [0.3, 0.4) is 0 Å². The molecular weight excluding hydrogens is 278 g/mol. The van der Waals surface area contributed by atoms with Crippen molar-refractivity contribution in [2.24, 2.45) is 0 Å². The predicted octanol–water partition coefficient (Wildman–Crippen LogP) is 0.565. The molecule has 0 bridgehead atoms. The second kappa shape index (κ2) is 5.18. The first-order valence-corrected chi connectivity index (χ1v) is 8.07. The van der Waals surface area contributed by atoms with Crippen LogP contribution < -0.4 is 10.6 Å². The lowest BCUT2D eigenvalue weighted by atomic mass is 9.80. The van der Waals surface area contributed by atoms with Crippen molar-refractivity contribution in [3.8, 4) is 0 Å². The molecule has 2 aliphatic heterocycles. The minimum Gasteiger partial charge on any atom is -0.389 e. The lowest BCUT2D eigenvalue weighted by molar-refractivity contribution is -0.138. The smallest absolute Gasteiger partial charge is 0.243 e. The van der Waals surface area contributed by atoms with Crippen molar-refractivity contribution >= 4 is 5.91 Å². The highest BCUT2D eigenvalue weighted by Crippen LogP contribution is 2.35. The number of amides is 1. The van der Waals surface area contributed by atoms with Crippen LogP contribution in [0.4, 0.5) is 0 Å². The Bertz CT molecular complexity index is 552. The number of hydrogen-bond donors (Lipinski definition) is 3. The average Bonchev–Trinajstić information content (AvgIpc) is 2.45. The van der Waals surface area contributed by atoms with Crippen LogP contribution in [-0.2, 0) is 4.79 Å². The quantitative estimate of drug-likeness (QED) is 0.698. The highest BCUT2D eigenvalue weighted by Gasteiger charge is 2.48. The summed E-state index contributed by atoms with van der Waals surface area (Å²) in [6.07, 6.45) is 5.55. The normalized spacial score (nSPS) is 37.5. The first-order valence-electron chi connectivity index (χ1n) is 8.07. The maximum atomic E-state index is 12.4. The van der Waals surface area contributed by atoms with Crippen molar-refractivity contribution in [3.05, 3.63) is 23.3 Å². The largest absolute Gasteiger partial charge is 0.389 e. The summed E-state index contributed by atoms with van der Waals surface area (Å²) >= 11 is 0. The number of hydrogen-bond acceptors (Lipinski definition) is 4. The molecule has 5 heteroatoms. The topological polar surface area (TPSA) is 64.6 Å². The minimum atomic E-state index is -0.839. The van der Waals surface area contributed by atoms with Gasteiger partial charge in [0.05, 0.1) is 12.1 Å². The summed E-state index contributed by atoms with van der Waals surface area (Å²) in [5, 5.41) is 15.9. The molecule has 0 aromatic rings. The summed E-state index contributed by atoms with van der Waals surface area (Å²) in [6, 6.07) is 0.0249. The molecule has 0 spiro atoms. The molecule has 3 N–H and O–H groups in total. The second-order valence-electron chi connectivity index (χ2n) is 7.72. The monoisotopic (exact) mass is 305 g/mol. The third-order valence-electron chi connectivity index (χ3n) is 5.65. The van der Waals surface area contributed by atoms with Gasteiger partial charge in [0, 0.05) is 18.6 Å². The van der Waals surface area contributed by atoms with E-state index in [9.17, 15) is 9.90 Å². The zero-order chi connectivity index (χ0) is 16.1. The summed E-state index contributed by atoms with van der Waals surface area (Å²) < 4.78 is 0. The third kappa shape index (κ3) is 2.51. The Labute approximate surface area is 132 Å². The molecule has 3 rings (SSSR count). The van der Waals surface area contributed by atoms with E-state index < -0.39 is 11.6 Å². The highest BCUT2D eigenvalue weighted by atomic mass is 16.3. The maximum Gasteiger partial charge on any atom is 0.243 e. The van der Waals surface area contributed by atoms with Crippen molar-refractivity contribution in [1.82, 2.24) is 15.5 Å². The fourth-order valence-corrected chi connectivity index (χ4v) is 3.44. The van der Waals surface area contributed by atoms with Gasteiger partial charge in [0.1, 0.15) is 5.54 Å². The second-order valence-corrected chi connectivity index (χ2v) is 7.72. The summed E-state index contributed by atoms with van der Waals surface area (Å²) in [7, 11) is 2.16. The van der Waals surface area contributed by atoms with E-state index in [-0.39, 0.29) is 17.5 Å². The van der Waals surface area contributed by atoms with E-state index in [2.05, 4.69) is 48.6 Å². The first-order chi connectivity index (χ1) is 10.2. The Morgan fingerprint density at radius 1 is 1.45 bits per heavy atom. The van der Waals surface area contributed by atoms with Crippen LogP contribution in [0.25, 0.3) is 0 Å². The zero-order valence-electron chi connectivity index (χ0n) is 13.9. The molecule has 0 saturated carbocycles. The third-order valence-corrected chi connectivity index (χ3v) is 5.65. The van der Waals surface area contributed by atoms with Crippen LogP contribution in [0.5, 0.6) is 0 Å². The van der Waals surface area contributed by atoms with Crippen molar-refractivity contribution in [3.63, 3.8) is 0 Å². The van der Waals surface area contributed by atoms with Crippen molar-refractivity contribution in [2.45, 2.75) is 56.8 Å². The molecule has 0 aromatic heterocycles. The molecule has 1 saturated heterocycles. The lowest BCUT2D eigenvalue weighted by Gasteiger charge is -2.45. The SMILES string of the molecule is CN1CC2=C(CC(NC(=O)[C@]3(C)NC[C@@H]3O)C=C2)CC1(C)C. The molecule has 122 valence electrons. The molecule has 1 fully saturated rings. The number of aliphatic hydroxyl groups excluding tert-OH is 1. The van der Waals surface area contributed by atoms with Crippen LogP contribution >= 0.6 is 0 Å². The van der Waals surface area contributed by atoms with Gasteiger partial charge in [-0.25, -0.2) is 0 Å². The van der Waals surface area contributed by atoms with E-state index in [4.69, 9.17) is 0 Å². The van der Waals surface area contributed by atoms with E-state index >= 15 is 0 Å². The van der Waals surface area contributed by atoms with Crippen LogP contribution in [0, 0.1) is 0 Å². The molecule has 0 aromatic carbocycles. The molecule has 5 nitrogen and oxygen atoms in total. The van der Waals surface area contributed by atoms with E-state index in [1.165, 1.54) is 11.1 Å². The van der Waals surface area contributed by atoms with Gasteiger partial charge in [0.15, 0.2) is 0 Å². The van der Waals surface area contributed by atoms with Gasteiger partial charge in [-0.1, -0.05) is 17.7 Å². The number of carbonyl (C=O) groups excluding carboxylic acids is 1. The van der Waals surface area contributed by atoms with Crippen molar-refractivity contribution < 1.29 is 9.90 Å². The predicted molar refractivity (Wildman–Crippen MR) is 86.5 cm³/mol. The van der Waals surface area contributed by atoms with Crippen LogP contribution in [0.2, 0.25) is 0 Å². The van der Waals surface area contributed by atoms with Gasteiger partial charge < -0.3 is 10.4 Å². The number of nitrogens with zero attached hydrogens (tertiary/aromatic N) is 1. The number of nitrogens with one attached hydrogen (secondary N) is 2. The number of β-amino-alcohol motifs (C(OH)–C–C–N with tert-alkyl or cyclic N) is 1. The number of carbonyl (C=O) groups is 1. The van der Waals surface area contributed by atoms with Crippen LogP contribution in [-0.4, -0.2) is 59.3 Å².